The second-order valence-electron chi connectivity index (χ2n) is 2.30. The van der Waals surface area contributed by atoms with Crippen LogP contribution in [0.1, 0.15) is 13.3 Å². The third-order valence-corrected chi connectivity index (χ3v) is 1.52. The van der Waals surface area contributed by atoms with Gasteiger partial charge in [0.25, 0.3) is 0 Å². The van der Waals surface area contributed by atoms with Crippen molar-refractivity contribution < 1.29 is 9.50 Å². The maximum absolute atomic E-state index is 12.2. The van der Waals surface area contributed by atoms with E-state index < -0.39 is 6.67 Å². The minimum absolute atomic E-state index is 0.0699. The molecule has 0 radical (unpaired) electrons. The van der Waals surface area contributed by atoms with E-state index in [2.05, 4.69) is 13.2 Å². The van der Waals surface area contributed by atoms with Gasteiger partial charge in [0, 0.05) is 0 Å². The van der Waals surface area contributed by atoms with E-state index in [-0.39, 0.29) is 5.76 Å². The van der Waals surface area contributed by atoms with E-state index in [4.69, 9.17) is 5.11 Å². The summed E-state index contributed by atoms with van der Waals surface area (Å²) in [6.45, 7) is 7.86. The van der Waals surface area contributed by atoms with Crippen molar-refractivity contribution in [2.75, 3.05) is 6.67 Å². The zero-order valence-electron chi connectivity index (χ0n) is 6.73. The Kier molecular flexibility index (Phi) is 4.27. The van der Waals surface area contributed by atoms with Crippen molar-refractivity contribution in [1.29, 1.82) is 0 Å². The standard InChI is InChI=1S/C9H13FO/c1-4-5-9(6-10)7(2)8(3)11/h4,11H,1,3,5-6H2,2H3/b9-7-. The monoisotopic (exact) mass is 156 g/mol. The maximum Gasteiger partial charge on any atom is 0.112 e. The Morgan fingerprint density at radius 2 is 2.18 bits per heavy atom. The quantitative estimate of drug-likeness (QED) is 0.377. The first kappa shape index (κ1) is 9.95. The van der Waals surface area contributed by atoms with E-state index in [1.807, 2.05) is 0 Å². The van der Waals surface area contributed by atoms with Crippen LogP contribution >= 0.6 is 0 Å². The Morgan fingerprint density at radius 3 is 2.45 bits per heavy atom. The van der Waals surface area contributed by atoms with E-state index in [1.54, 1.807) is 13.0 Å². The third kappa shape index (κ3) is 3.03. The summed E-state index contributed by atoms with van der Waals surface area (Å²) in [6.07, 6.45) is 2.06. The van der Waals surface area contributed by atoms with Gasteiger partial charge in [0.15, 0.2) is 0 Å². The Morgan fingerprint density at radius 1 is 1.64 bits per heavy atom. The summed E-state index contributed by atoms with van der Waals surface area (Å²) >= 11 is 0. The third-order valence-electron chi connectivity index (χ3n) is 1.52. The van der Waals surface area contributed by atoms with Crippen molar-refractivity contribution in [3.8, 4) is 0 Å². The van der Waals surface area contributed by atoms with Crippen LogP contribution in [0, 0.1) is 0 Å². The average Bonchev–Trinajstić information content (AvgIpc) is 1.98. The van der Waals surface area contributed by atoms with Crippen LogP contribution in [0.3, 0.4) is 0 Å². The fraction of sp³-hybridized carbons (Fsp3) is 0.333. The van der Waals surface area contributed by atoms with Crippen LogP contribution in [0.4, 0.5) is 4.39 Å². The van der Waals surface area contributed by atoms with E-state index in [9.17, 15) is 4.39 Å². The molecule has 0 amide bonds. The highest BCUT2D eigenvalue weighted by molar-refractivity contribution is 5.28. The van der Waals surface area contributed by atoms with Gasteiger partial charge in [0.2, 0.25) is 0 Å². The molecule has 0 aliphatic heterocycles. The van der Waals surface area contributed by atoms with Gasteiger partial charge in [-0.25, -0.2) is 4.39 Å². The zero-order chi connectivity index (χ0) is 8.85. The van der Waals surface area contributed by atoms with Crippen molar-refractivity contribution in [1.82, 2.24) is 0 Å². The highest BCUT2D eigenvalue weighted by Gasteiger charge is 2.02. The Hall–Kier alpha value is -1.05. The molecule has 0 bridgehead atoms. The minimum Gasteiger partial charge on any atom is -0.508 e. The molecule has 1 N–H and O–H groups in total. The van der Waals surface area contributed by atoms with Crippen molar-refractivity contribution >= 4 is 0 Å². The predicted octanol–water partition coefficient (Wildman–Crippen LogP) is 2.92. The number of alkyl halides is 1. The van der Waals surface area contributed by atoms with Gasteiger partial charge >= 0.3 is 0 Å². The number of aliphatic hydroxyl groups is 1. The molecule has 62 valence electrons. The molecule has 0 aromatic carbocycles. The molecule has 0 saturated carbocycles. The highest BCUT2D eigenvalue weighted by Crippen LogP contribution is 2.14. The molecule has 0 aromatic rings. The van der Waals surface area contributed by atoms with E-state index >= 15 is 0 Å². The summed E-state index contributed by atoms with van der Waals surface area (Å²) in [6, 6.07) is 0. The van der Waals surface area contributed by atoms with Crippen LogP contribution in [0.5, 0.6) is 0 Å². The van der Waals surface area contributed by atoms with Gasteiger partial charge in [-0.2, -0.15) is 0 Å². The molecule has 1 nitrogen and oxygen atoms in total. The Labute approximate surface area is 66.5 Å². The van der Waals surface area contributed by atoms with E-state index in [0.717, 1.165) is 0 Å². The summed E-state index contributed by atoms with van der Waals surface area (Å²) in [4.78, 5) is 0. The lowest BCUT2D eigenvalue weighted by atomic mass is 10.1. The molecular formula is C9H13FO. The summed E-state index contributed by atoms with van der Waals surface area (Å²) < 4.78 is 12.2. The lowest BCUT2D eigenvalue weighted by molar-refractivity contribution is 0.422. The zero-order valence-corrected chi connectivity index (χ0v) is 6.73. The molecule has 0 aliphatic rings. The molecule has 0 aromatic heterocycles. The Balaban J connectivity index is 4.52. The van der Waals surface area contributed by atoms with E-state index in [0.29, 0.717) is 17.6 Å². The molecule has 0 unspecified atom stereocenters. The molecule has 0 fully saturated rings. The highest BCUT2D eigenvalue weighted by atomic mass is 19.1. The van der Waals surface area contributed by atoms with Gasteiger partial charge in [-0.05, 0) is 24.5 Å². The normalized spacial score (nSPS) is 12.2. The largest absolute Gasteiger partial charge is 0.508 e. The number of allylic oxidation sites excluding steroid dienone is 3. The van der Waals surface area contributed by atoms with Crippen LogP contribution in [-0.2, 0) is 0 Å². The number of aliphatic hydroxyl groups excluding tert-OH is 1. The van der Waals surface area contributed by atoms with Crippen LogP contribution < -0.4 is 0 Å². The van der Waals surface area contributed by atoms with Crippen LogP contribution in [0.2, 0.25) is 0 Å². The van der Waals surface area contributed by atoms with Crippen molar-refractivity contribution in [3.05, 3.63) is 36.1 Å². The molecule has 0 rings (SSSR count). The second-order valence-corrected chi connectivity index (χ2v) is 2.30. The van der Waals surface area contributed by atoms with Crippen LogP contribution in [-0.4, -0.2) is 11.8 Å². The van der Waals surface area contributed by atoms with E-state index in [1.165, 1.54) is 0 Å². The molecule has 11 heavy (non-hydrogen) atoms. The molecule has 0 spiro atoms. The minimum atomic E-state index is -0.558. The average molecular weight is 156 g/mol. The maximum atomic E-state index is 12.2. The van der Waals surface area contributed by atoms with Crippen molar-refractivity contribution in [2.45, 2.75) is 13.3 Å². The first-order valence-corrected chi connectivity index (χ1v) is 3.37. The lowest BCUT2D eigenvalue weighted by Crippen LogP contribution is -1.92. The molecular weight excluding hydrogens is 143 g/mol. The first-order valence-electron chi connectivity index (χ1n) is 3.37. The summed E-state index contributed by atoms with van der Waals surface area (Å²) in [5.74, 6) is -0.0699. The molecule has 0 atom stereocenters. The van der Waals surface area contributed by atoms with Crippen molar-refractivity contribution in [2.24, 2.45) is 0 Å². The Bertz CT molecular complexity index is 192. The van der Waals surface area contributed by atoms with Gasteiger partial charge < -0.3 is 5.11 Å². The van der Waals surface area contributed by atoms with Crippen LogP contribution in [0.25, 0.3) is 0 Å². The number of hydrogen-bond donors (Lipinski definition) is 1. The first-order chi connectivity index (χ1) is 5.13. The predicted molar refractivity (Wildman–Crippen MR) is 45.3 cm³/mol. The summed E-state index contributed by atoms with van der Waals surface area (Å²) in [5, 5.41) is 8.90. The second kappa shape index (κ2) is 4.72. The molecule has 2 heteroatoms. The molecule has 0 aliphatic carbocycles. The number of rotatable bonds is 4. The van der Waals surface area contributed by atoms with Gasteiger partial charge in [-0.3, -0.25) is 0 Å². The van der Waals surface area contributed by atoms with Gasteiger partial charge in [0.1, 0.15) is 12.4 Å². The molecule has 0 saturated heterocycles. The van der Waals surface area contributed by atoms with Crippen LogP contribution in [0.15, 0.2) is 36.1 Å². The van der Waals surface area contributed by atoms with Crippen molar-refractivity contribution in [3.63, 3.8) is 0 Å². The van der Waals surface area contributed by atoms with Gasteiger partial charge in [-0.15, -0.1) is 6.58 Å². The fourth-order valence-electron chi connectivity index (χ4n) is 0.686. The van der Waals surface area contributed by atoms with Gasteiger partial charge in [0.05, 0.1) is 0 Å². The summed E-state index contributed by atoms with van der Waals surface area (Å²) in [7, 11) is 0. The smallest absolute Gasteiger partial charge is 0.112 e. The SMILES string of the molecule is C=CC/C(CF)=C(\C)C(=C)O. The number of hydrogen-bond acceptors (Lipinski definition) is 1. The number of halogens is 1. The topological polar surface area (TPSA) is 20.2 Å². The summed E-state index contributed by atoms with van der Waals surface area (Å²) in [5.41, 5.74) is 1.06. The fourth-order valence-corrected chi connectivity index (χ4v) is 0.686. The molecule has 0 heterocycles. The lowest BCUT2D eigenvalue weighted by Gasteiger charge is -2.04. The van der Waals surface area contributed by atoms with Gasteiger partial charge in [-0.1, -0.05) is 12.7 Å².